The molecule has 4 heteroatoms. The molecule has 0 saturated heterocycles. The van der Waals surface area contributed by atoms with Crippen LogP contribution in [0.15, 0.2) is 35.2 Å². The van der Waals surface area contributed by atoms with E-state index in [0.29, 0.717) is 4.90 Å². The van der Waals surface area contributed by atoms with Crippen molar-refractivity contribution in [3.63, 3.8) is 0 Å². The van der Waals surface area contributed by atoms with Crippen LogP contribution in [0, 0.1) is 0 Å². The van der Waals surface area contributed by atoms with Crippen molar-refractivity contribution in [3.05, 3.63) is 30.3 Å². The minimum absolute atomic E-state index is 0.442. The Balaban J connectivity index is 0.000000293. The molecule has 0 fully saturated rings. The number of benzene rings is 1. The SMILES string of the molecule is CCN(CC)CC.O=S(O)c1ccccc1. The first-order valence-electron chi connectivity index (χ1n) is 5.53. The quantitative estimate of drug-likeness (QED) is 0.826. The summed E-state index contributed by atoms with van der Waals surface area (Å²) in [6.45, 7) is 10.1. The van der Waals surface area contributed by atoms with Crippen LogP contribution >= 0.6 is 0 Å². The van der Waals surface area contributed by atoms with Crippen molar-refractivity contribution in [3.8, 4) is 0 Å². The Kier molecular flexibility index (Phi) is 9.09. The Hall–Kier alpha value is -0.710. The van der Waals surface area contributed by atoms with E-state index in [0.717, 1.165) is 0 Å². The van der Waals surface area contributed by atoms with E-state index in [1.807, 2.05) is 0 Å². The molecule has 16 heavy (non-hydrogen) atoms. The van der Waals surface area contributed by atoms with E-state index in [4.69, 9.17) is 4.55 Å². The highest BCUT2D eigenvalue weighted by atomic mass is 32.2. The van der Waals surface area contributed by atoms with Gasteiger partial charge in [0, 0.05) is 0 Å². The molecule has 3 nitrogen and oxygen atoms in total. The van der Waals surface area contributed by atoms with E-state index in [9.17, 15) is 4.21 Å². The fraction of sp³-hybridized carbons (Fsp3) is 0.500. The normalized spacial score (nSPS) is 11.8. The van der Waals surface area contributed by atoms with Crippen molar-refractivity contribution in [2.45, 2.75) is 25.7 Å². The zero-order valence-corrected chi connectivity index (χ0v) is 11.0. The third-order valence-corrected chi connectivity index (χ3v) is 2.96. The van der Waals surface area contributed by atoms with Crippen LogP contribution in [0.4, 0.5) is 0 Å². The molecule has 1 aromatic rings. The van der Waals surface area contributed by atoms with Crippen LogP contribution in [0.2, 0.25) is 0 Å². The van der Waals surface area contributed by atoms with Gasteiger partial charge in [-0.3, -0.25) is 0 Å². The molecular formula is C12H21NO2S. The Bertz CT molecular complexity index is 281. The van der Waals surface area contributed by atoms with Crippen molar-refractivity contribution in [1.82, 2.24) is 4.90 Å². The van der Waals surface area contributed by atoms with Gasteiger partial charge in [0.15, 0.2) is 11.1 Å². The summed E-state index contributed by atoms with van der Waals surface area (Å²) in [5.74, 6) is 0. The molecule has 1 unspecified atom stereocenters. The second-order valence-electron chi connectivity index (χ2n) is 3.18. The van der Waals surface area contributed by atoms with E-state index >= 15 is 0 Å². The molecule has 0 spiro atoms. The molecule has 0 aliphatic rings. The Morgan fingerprint density at radius 1 is 1.06 bits per heavy atom. The molecule has 0 aliphatic heterocycles. The number of hydrogen-bond acceptors (Lipinski definition) is 2. The molecule has 1 rings (SSSR count). The predicted octanol–water partition coefficient (Wildman–Crippen LogP) is 2.62. The molecule has 0 aromatic heterocycles. The zero-order valence-electron chi connectivity index (χ0n) is 10.2. The third-order valence-electron chi connectivity index (χ3n) is 2.29. The fourth-order valence-corrected chi connectivity index (χ4v) is 1.60. The first kappa shape index (κ1) is 15.3. The Labute approximate surface area is 101 Å². The molecule has 0 heterocycles. The van der Waals surface area contributed by atoms with Crippen molar-refractivity contribution in [2.24, 2.45) is 0 Å². The van der Waals surface area contributed by atoms with E-state index in [1.54, 1.807) is 30.3 Å². The standard InChI is InChI=1S/C6H15N.C6H6O2S/c1-4-7(5-2)6-3;7-9(8)6-4-2-1-3-5-6/h4-6H2,1-3H3;1-5H,(H,7,8). The zero-order chi connectivity index (χ0) is 12.4. The minimum atomic E-state index is -1.83. The summed E-state index contributed by atoms with van der Waals surface area (Å²) in [6.07, 6.45) is 0. The number of nitrogens with zero attached hydrogens (tertiary/aromatic N) is 1. The van der Waals surface area contributed by atoms with E-state index in [2.05, 4.69) is 25.7 Å². The van der Waals surface area contributed by atoms with E-state index < -0.39 is 11.1 Å². The van der Waals surface area contributed by atoms with Gasteiger partial charge in [-0.15, -0.1) is 0 Å². The van der Waals surface area contributed by atoms with Crippen molar-refractivity contribution in [1.29, 1.82) is 0 Å². The highest BCUT2D eigenvalue weighted by molar-refractivity contribution is 7.79. The summed E-state index contributed by atoms with van der Waals surface area (Å²) in [5.41, 5.74) is 0. The second-order valence-corrected chi connectivity index (χ2v) is 4.15. The Morgan fingerprint density at radius 3 is 1.69 bits per heavy atom. The third kappa shape index (κ3) is 6.71. The van der Waals surface area contributed by atoms with Crippen LogP contribution in [0.3, 0.4) is 0 Å². The van der Waals surface area contributed by atoms with Crippen molar-refractivity contribution < 1.29 is 8.76 Å². The summed E-state index contributed by atoms with van der Waals surface area (Å²) in [7, 11) is 0. The molecule has 0 amide bonds. The summed E-state index contributed by atoms with van der Waals surface area (Å²) in [4.78, 5) is 2.82. The molecule has 92 valence electrons. The summed E-state index contributed by atoms with van der Waals surface area (Å²) in [5, 5.41) is 0. The first-order valence-corrected chi connectivity index (χ1v) is 6.64. The van der Waals surface area contributed by atoms with Gasteiger partial charge in [-0.25, -0.2) is 4.21 Å². The molecule has 1 aromatic carbocycles. The van der Waals surface area contributed by atoms with Crippen LogP contribution in [0.5, 0.6) is 0 Å². The van der Waals surface area contributed by atoms with Crippen LogP contribution in [0.1, 0.15) is 20.8 Å². The number of rotatable bonds is 4. The monoisotopic (exact) mass is 243 g/mol. The molecule has 1 atom stereocenters. The fourth-order valence-electron chi connectivity index (χ4n) is 1.21. The summed E-state index contributed by atoms with van der Waals surface area (Å²) < 4.78 is 18.8. The van der Waals surface area contributed by atoms with Crippen molar-refractivity contribution >= 4 is 11.1 Å². The molecule has 1 N–H and O–H groups in total. The smallest absolute Gasteiger partial charge is 0.186 e. The van der Waals surface area contributed by atoms with Crippen LogP contribution in [-0.4, -0.2) is 33.3 Å². The molecular weight excluding hydrogens is 222 g/mol. The van der Waals surface area contributed by atoms with Crippen LogP contribution in [0.25, 0.3) is 0 Å². The van der Waals surface area contributed by atoms with Gasteiger partial charge in [-0.05, 0) is 31.8 Å². The van der Waals surface area contributed by atoms with Gasteiger partial charge >= 0.3 is 0 Å². The lowest BCUT2D eigenvalue weighted by Gasteiger charge is -2.13. The lowest BCUT2D eigenvalue weighted by atomic mass is 10.4. The summed E-state index contributed by atoms with van der Waals surface area (Å²) in [6, 6.07) is 8.47. The maximum Gasteiger partial charge on any atom is 0.186 e. The largest absolute Gasteiger partial charge is 0.304 e. The van der Waals surface area contributed by atoms with Gasteiger partial charge in [0.05, 0.1) is 4.90 Å². The van der Waals surface area contributed by atoms with E-state index in [1.165, 1.54) is 19.6 Å². The topological polar surface area (TPSA) is 40.5 Å². The van der Waals surface area contributed by atoms with Gasteiger partial charge in [0.2, 0.25) is 0 Å². The highest BCUT2D eigenvalue weighted by Gasteiger charge is 1.93. The average Bonchev–Trinajstić information content (AvgIpc) is 2.33. The first-order chi connectivity index (χ1) is 7.65. The number of hydrogen-bond donors (Lipinski definition) is 1. The molecule has 0 saturated carbocycles. The highest BCUT2D eigenvalue weighted by Crippen LogP contribution is 2.00. The summed E-state index contributed by atoms with van der Waals surface area (Å²) >= 11 is -1.83. The van der Waals surface area contributed by atoms with Crippen molar-refractivity contribution in [2.75, 3.05) is 19.6 Å². The molecule has 0 bridgehead atoms. The van der Waals surface area contributed by atoms with Crippen LogP contribution < -0.4 is 0 Å². The van der Waals surface area contributed by atoms with Gasteiger partial charge in [-0.2, -0.15) is 0 Å². The maximum absolute atomic E-state index is 10.3. The van der Waals surface area contributed by atoms with Gasteiger partial charge in [-0.1, -0.05) is 39.0 Å². The lowest BCUT2D eigenvalue weighted by Crippen LogP contribution is -2.21. The van der Waals surface area contributed by atoms with Crippen LogP contribution in [-0.2, 0) is 11.1 Å². The van der Waals surface area contributed by atoms with Gasteiger partial charge in [0.1, 0.15) is 0 Å². The van der Waals surface area contributed by atoms with Gasteiger partial charge in [0.25, 0.3) is 0 Å². The van der Waals surface area contributed by atoms with E-state index in [-0.39, 0.29) is 0 Å². The maximum atomic E-state index is 10.3. The predicted molar refractivity (Wildman–Crippen MR) is 68.9 cm³/mol. The van der Waals surface area contributed by atoms with Gasteiger partial charge < -0.3 is 9.45 Å². The molecule has 0 radical (unpaired) electrons. The Morgan fingerprint density at radius 2 is 1.50 bits per heavy atom. The minimum Gasteiger partial charge on any atom is -0.304 e. The lowest BCUT2D eigenvalue weighted by molar-refractivity contribution is 0.321. The average molecular weight is 243 g/mol. The second kappa shape index (κ2) is 9.51. The molecule has 0 aliphatic carbocycles.